The Kier molecular flexibility index (Phi) is 9.46. The first-order valence-electron chi connectivity index (χ1n) is 11.8. The third kappa shape index (κ3) is 8.05. The molecule has 3 rings (SSSR count). The van der Waals surface area contributed by atoms with Crippen LogP contribution in [0, 0.1) is 5.92 Å². The van der Waals surface area contributed by atoms with Crippen LogP contribution in [0.3, 0.4) is 0 Å². The molecular weight excluding hydrogens is 394 g/mol. The van der Waals surface area contributed by atoms with Crippen LogP contribution in [0.2, 0.25) is 0 Å². The molecule has 0 radical (unpaired) electrons. The molecule has 0 spiro atoms. The van der Waals surface area contributed by atoms with E-state index in [1.807, 2.05) is 36.1 Å². The van der Waals surface area contributed by atoms with Crippen molar-refractivity contribution < 1.29 is 19.1 Å². The van der Waals surface area contributed by atoms with E-state index in [1.54, 1.807) is 0 Å². The van der Waals surface area contributed by atoms with Crippen molar-refractivity contribution >= 4 is 11.8 Å². The molecular formula is C24H37N3O4. The Balaban J connectivity index is 1.26. The third-order valence-corrected chi connectivity index (χ3v) is 6.11. The summed E-state index contributed by atoms with van der Waals surface area (Å²) in [5.41, 5.74) is 0. The van der Waals surface area contributed by atoms with E-state index in [0.717, 1.165) is 37.7 Å². The minimum absolute atomic E-state index is 0.00252. The van der Waals surface area contributed by atoms with Crippen molar-refractivity contribution in [3.8, 4) is 11.5 Å². The quantitative estimate of drug-likeness (QED) is 0.577. The Bertz CT molecular complexity index is 681. The van der Waals surface area contributed by atoms with E-state index >= 15 is 0 Å². The topological polar surface area (TPSA) is 71.1 Å². The second-order valence-electron chi connectivity index (χ2n) is 8.47. The number of hydrogen-bond acceptors (Lipinski definition) is 5. The lowest BCUT2D eigenvalue weighted by atomic mass is 9.86. The number of carbonyl (C=O) groups is 2. The van der Waals surface area contributed by atoms with Gasteiger partial charge in [0.1, 0.15) is 18.1 Å². The molecule has 1 aromatic carbocycles. The van der Waals surface area contributed by atoms with Crippen molar-refractivity contribution in [3.05, 3.63) is 24.3 Å². The average Bonchev–Trinajstić information content (AvgIpc) is 2.79. The Labute approximate surface area is 186 Å². The average molecular weight is 432 g/mol. The summed E-state index contributed by atoms with van der Waals surface area (Å²) in [4.78, 5) is 28.9. The number of rotatable bonds is 10. The van der Waals surface area contributed by atoms with E-state index in [4.69, 9.17) is 9.47 Å². The predicted molar refractivity (Wildman–Crippen MR) is 120 cm³/mol. The zero-order chi connectivity index (χ0) is 21.9. The summed E-state index contributed by atoms with van der Waals surface area (Å²) in [5.74, 6) is 2.44. The maximum atomic E-state index is 12.5. The van der Waals surface area contributed by atoms with Crippen LogP contribution in [-0.2, 0) is 9.59 Å². The van der Waals surface area contributed by atoms with Crippen LogP contribution in [0.1, 0.15) is 45.4 Å². The second-order valence-corrected chi connectivity index (χ2v) is 8.47. The smallest absolute Gasteiger partial charge is 0.234 e. The molecule has 0 unspecified atom stereocenters. The summed E-state index contributed by atoms with van der Waals surface area (Å²) in [5, 5.41) is 2.91. The van der Waals surface area contributed by atoms with Gasteiger partial charge in [0.15, 0.2) is 0 Å². The van der Waals surface area contributed by atoms with E-state index < -0.39 is 0 Å². The maximum Gasteiger partial charge on any atom is 0.234 e. The summed E-state index contributed by atoms with van der Waals surface area (Å²) in [7, 11) is 0. The van der Waals surface area contributed by atoms with Gasteiger partial charge >= 0.3 is 0 Å². The van der Waals surface area contributed by atoms with Crippen LogP contribution in [0.4, 0.5) is 0 Å². The van der Waals surface area contributed by atoms with Gasteiger partial charge in [0.2, 0.25) is 11.8 Å². The Morgan fingerprint density at radius 2 is 1.61 bits per heavy atom. The molecule has 1 saturated carbocycles. The molecule has 172 valence electrons. The van der Waals surface area contributed by atoms with Crippen molar-refractivity contribution in [2.75, 3.05) is 52.5 Å². The molecule has 2 amide bonds. The maximum absolute atomic E-state index is 12.5. The summed E-state index contributed by atoms with van der Waals surface area (Å²) in [6.45, 7) is 6.80. The molecule has 7 heteroatoms. The molecule has 2 fully saturated rings. The number of piperazine rings is 1. The number of nitrogens with zero attached hydrogens (tertiary/aromatic N) is 2. The van der Waals surface area contributed by atoms with Gasteiger partial charge in [-0.3, -0.25) is 14.5 Å². The molecule has 1 aliphatic heterocycles. The van der Waals surface area contributed by atoms with Crippen molar-refractivity contribution in [2.24, 2.45) is 5.92 Å². The Morgan fingerprint density at radius 1 is 0.968 bits per heavy atom. The zero-order valence-corrected chi connectivity index (χ0v) is 18.8. The first-order chi connectivity index (χ1) is 15.1. The normalized spacial score (nSPS) is 17.9. The Hall–Kier alpha value is -2.28. The highest BCUT2D eigenvalue weighted by molar-refractivity contribution is 5.78. The first-order valence-corrected chi connectivity index (χ1v) is 11.8. The largest absolute Gasteiger partial charge is 0.494 e. The highest BCUT2D eigenvalue weighted by Gasteiger charge is 2.25. The van der Waals surface area contributed by atoms with E-state index in [-0.39, 0.29) is 5.91 Å². The number of ether oxygens (including phenoxy) is 2. The van der Waals surface area contributed by atoms with E-state index in [9.17, 15) is 9.59 Å². The van der Waals surface area contributed by atoms with Crippen LogP contribution in [-0.4, -0.2) is 74.1 Å². The van der Waals surface area contributed by atoms with Gasteiger partial charge in [0, 0.05) is 32.6 Å². The molecule has 31 heavy (non-hydrogen) atoms. The molecule has 1 N–H and O–H groups in total. The molecule has 7 nitrogen and oxygen atoms in total. The van der Waals surface area contributed by atoms with E-state index in [1.165, 1.54) is 32.1 Å². The van der Waals surface area contributed by atoms with Gasteiger partial charge in [-0.25, -0.2) is 0 Å². The van der Waals surface area contributed by atoms with Gasteiger partial charge in [-0.2, -0.15) is 0 Å². The fraction of sp³-hybridized carbons (Fsp3) is 0.667. The van der Waals surface area contributed by atoms with Crippen LogP contribution in [0.15, 0.2) is 24.3 Å². The number of nitrogens with one attached hydrogen (secondary N) is 1. The highest BCUT2D eigenvalue weighted by atomic mass is 16.5. The van der Waals surface area contributed by atoms with Gasteiger partial charge in [0.25, 0.3) is 0 Å². The lowest BCUT2D eigenvalue weighted by Crippen LogP contribution is -2.51. The third-order valence-electron chi connectivity index (χ3n) is 6.11. The van der Waals surface area contributed by atoms with Crippen LogP contribution in [0.5, 0.6) is 11.5 Å². The lowest BCUT2D eigenvalue weighted by Gasteiger charge is -2.35. The molecule has 1 aliphatic carbocycles. The fourth-order valence-corrected chi connectivity index (χ4v) is 4.34. The number of amides is 2. The molecule has 1 aromatic rings. The highest BCUT2D eigenvalue weighted by Crippen LogP contribution is 2.27. The first kappa shape index (κ1) is 23.4. The summed E-state index contributed by atoms with van der Waals surface area (Å²) < 4.78 is 11.1. The standard InChI is InChI=1S/C24H37N3O4/c1-2-30-21-8-10-22(11-9-21)31-17-12-25-23(28)19-26-13-15-27(16-14-26)24(29)18-20-6-4-3-5-7-20/h8-11,20H,2-7,12-19H2,1H3,(H,25,28). The van der Waals surface area contributed by atoms with Crippen molar-refractivity contribution in [1.82, 2.24) is 15.1 Å². The van der Waals surface area contributed by atoms with E-state index in [0.29, 0.717) is 44.5 Å². The zero-order valence-electron chi connectivity index (χ0n) is 18.8. The van der Waals surface area contributed by atoms with Gasteiger partial charge in [-0.05, 0) is 49.9 Å². The minimum Gasteiger partial charge on any atom is -0.494 e. The second kappa shape index (κ2) is 12.5. The van der Waals surface area contributed by atoms with Crippen LogP contribution < -0.4 is 14.8 Å². The van der Waals surface area contributed by atoms with Crippen molar-refractivity contribution in [1.29, 1.82) is 0 Å². The molecule has 0 aromatic heterocycles. The summed E-state index contributed by atoms with van der Waals surface area (Å²) in [6.07, 6.45) is 6.97. The summed E-state index contributed by atoms with van der Waals surface area (Å²) >= 11 is 0. The van der Waals surface area contributed by atoms with Gasteiger partial charge in [-0.1, -0.05) is 19.3 Å². The molecule has 1 heterocycles. The number of benzene rings is 1. The van der Waals surface area contributed by atoms with Crippen molar-refractivity contribution in [3.63, 3.8) is 0 Å². The van der Waals surface area contributed by atoms with Gasteiger partial charge in [-0.15, -0.1) is 0 Å². The molecule has 2 aliphatic rings. The number of carbonyl (C=O) groups excluding carboxylic acids is 2. The molecule has 0 atom stereocenters. The predicted octanol–water partition coefficient (Wildman–Crippen LogP) is 2.69. The fourth-order valence-electron chi connectivity index (χ4n) is 4.34. The Morgan fingerprint density at radius 3 is 2.26 bits per heavy atom. The van der Waals surface area contributed by atoms with Gasteiger partial charge < -0.3 is 19.7 Å². The minimum atomic E-state index is -0.00252. The molecule has 0 bridgehead atoms. The van der Waals surface area contributed by atoms with Crippen molar-refractivity contribution in [2.45, 2.75) is 45.4 Å². The monoisotopic (exact) mass is 431 g/mol. The van der Waals surface area contributed by atoms with Crippen LogP contribution in [0.25, 0.3) is 0 Å². The lowest BCUT2D eigenvalue weighted by molar-refractivity contribution is -0.134. The van der Waals surface area contributed by atoms with Crippen LogP contribution >= 0.6 is 0 Å². The summed E-state index contributed by atoms with van der Waals surface area (Å²) in [6, 6.07) is 7.47. The number of hydrogen-bond donors (Lipinski definition) is 1. The van der Waals surface area contributed by atoms with E-state index in [2.05, 4.69) is 10.2 Å². The SMILES string of the molecule is CCOc1ccc(OCCNC(=O)CN2CCN(C(=O)CC3CCCCC3)CC2)cc1. The molecule has 1 saturated heterocycles. The van der Waals surface area contributed by atoms with Gasteiger partial charge in [0.05, 0.1) is 19.7 Å².